The van der Waals surface area contributed by atoms with Gasteiger partial charge in [-0.05, 0) is 66.1 Å². The van der Waals surface area contributed by atoms with Crippen LogP contribution in [0.3, 0.4) is 0 Å². The molecule has 0 spiro atoms. The van der Waals surface area contributed by atoms with Crippen molar-refractivity contribution in [2.75, 3.05) is 18.0 Å². The number of hydrogen-bond acceptors (Lipinski definition) is 2. The number of anilines is 1. The maximum absolute atomic E-state index is 12.6. The predicted octanol–water partition coefficient (Wildman–Crippen LogP) is 0.992. The maximum atomic E-state index is 12.6. The summed E-state index contributed by atoms with van der Waals surface area (Å²) in [5.74, 6) is -0.0765. The molecule has 1 aromatic rings. The maximum Gasteiger partial charge on any atom is 0.292 e. The Labute approximate surface area is 132 Å². The number of rotatable bonds is 2. The minimum absolute atomic E-state index is 0.0203. The molecular weight excluding hydrogens is 367 g/mol. The van der Waals surface area contributed by atoms with Crippen LogP contribution in [-0.2, 0) is 9.59 Å². The first-order valence-corrected chi connectivity index (χ1v) is 8.21. The number of hydrogen-bond donors (Lipinski definition) is 1. The van der Waals surface area contributed by atoms with E-state index >= 15 is 0 Å². The van der Waals surface area contributed by atoms with Crippen molar-refractivity contribution in [2.45, 2.75) is 31.7 Å². The average molecular weight is 385 g/mol. The summed E-state index contributed by atoms with van der Waals surface area (Å²) in [5.41, 5.74) is 0.708. The third-order valence-corrected chi connectivity index (χ3v) is 4.94. The molecule has 0 radical (unpaired) electrons. The largest absolute Gasteiger partial charge is 0.324 e. The van der Waals surface area contributed by atoms with Gasteiger partial charge in [-0.2, -0.15) is 0 Å². The van der Waals surface area contributed by atoms with E-state index in [9.17, 15) is 9.59 Å². The lowest BCUT2D eigenvalue weighted by molar-refractivity contribution is -0.919. The van der Waals surface area contributed by atoms with E-state index in [-0.39, 0.29) is 17.9 Å². The van der Waals surface area contributed by atoms with Gasteiger partial charge in [0.05, 0.1) is 25.2 Å². The first-order chi connectivity index (χ1) is 9.66. The van der Waals surface area contributed by atoms with Crippen LogP contribution < -0.4 is 9.80 Å². The fourth-order valence-electron chi connectivity index (χ4n) is 3.17. The van der Waals surface area contributed by atoms with Gasteiger partial charge in [-0.25, -0.2) is 4.90 Å². The second kappa shape index (κ2) is 5.81. The number of imide groups is 1. The molecule has 3 rings (SSSR count). The summed E-state index contributed by atoms with van der Waals surface area (Å²) in [4.78, 5) is 27.5. The van der Waals surface area contributed by atoms with Crippen LogP contribution >= 0.6 is 22.6 Å². The summed E-state index contributed by atoms with van der Waals surface area (Å²) < 4.78 is 1.10. The number of nitrogens with one attached hydrogen (secondary N) is 1. The third-order valence-electron chi connectivity index (χ3n) is 4.22. The Hall–Kier alpha value is -0.950. The molecule has 0 aromatic heterocycles. The lowest BCUT2D eigenvalue weighted by atomic mass is 10.1. The number of halogens is 1. The van der Waals surface area contributed by atoms with Crippen molar-refractivity contribution in [3.05, 3.63) is 27.8 Å². The molecule has 0 aliphatic carbocycles. The topological polar surface area (TPSA) is 41.8 Å². The van der Waals surface area contributed by atoms with E-state index in [0.29, 0.717) is 12.1 Å². The zero-order chi connectivity index (χ0) is 14.1. The molecule has 0 saturated carbocycles. The fraction of sp³-hybridized carbons (Fsp3) is 0.467. The molecule has 2 fully saturated rings. The summed E-state index contributed by atoms with van der Waals surface area (Å²) in [6, 6.07) is 7.40. The zero-order valence-corrected chi connectivity index (χ0v) is 13.4. The normalized spacial score (nSPS) is 24.4. The molecule has 4 nitrogen and oxygen atoms in total. The van der Waals surface area contributed by atoms with Crippen molar-refractivity contribution in [1.29, 1.82) is 0 Å². The van der Waals surface area contributed by atoms with E-state index in [2.05, 4.69) is 22.6 Å². The van der Waals surface area contributed by atoms with Gasteiger partial charge in [0.1, 0.15) is 0 Å². The lowest BCUT2D eigenvalue weighted by Crippen LogP contribution is -3.17. The minimum Gasteiger partial charge on any atom is -0.324 e. The molecule has 2 aliphatic heterocycles. The molecule has 1 atom stereocenters. The number of quaternary nitrogens is 1. The molecule has 0 bridgehead atoms. The summed E-state index contributed by atoms with van der Waals surface area (Å²) in [6.07, 6.45) is 3.94. The molecule has 2 heterocycles. The van der Waals surface area contributed by atoms with E-state index in [1.165, 1.54) is 16.2 Å². The van der Waals surface area contributed by atoms with Crippen molar-refractivity contribution in [2.24, 2.45) is 0 Å². The number of carbonyl (C=O) groups is 2. The molecule has 2 aliphatic rings. The van der Waals surface area contributed by atoms with E-state index in [4.69, 9.17) is 0 Å². The van der Waals surface area contributed by atoms with E-state index in [0.717, 1.165) is 29.5 Å². The minimum atomic E-state index is -0.165. The van der Waals surface area contributed by atoms with E-state index in [1.807, 2.05) is 24.3 Å². The Balaban J connectivity index is 1.81. The molecule has 106 valence electrons. The Morgan fingerprint density at radius 1 is 1.05 bits per heavy atom. The first-order valence-electron chi connectivity index (χ1n) is 7.14. The predicted molar refractivity (Wildman–Crippen MR) is 84.6 cm³/mol. The molecule has 5 heteroatoms. The molecule has 2 amide bonds. The van der Waals surface area contributed by atoms with Gasteiger partial charge in [-0.3, -0.25) is 9.59 Å². The fourth-order valence-corrected chi connectivity index (χ4v) is 3.53. The van der Waals surface area contributed by atoms with Crippen LogP contribution in [0.5, 0.6) is 0 Å². The smallest absolute Gasteiger partial charge is 0.292 e. The first kappa shape index (κ1) is 14.0. The van der Waals surface area contributed by atoms with Crippen LogP contribution in [0.15, 0.2) is 24.3 Å². The van der Waals surface area contributed by atoms with Crippen LogP contribution in [0, 0.1) is 3.57 Å². The second-order valence-electron chi connectivity index (χ2n) is 5.52. The number of likely N-dealkylation sites (tertiary alicyclic amines) is 1. The highest BCUT2D eigenvalue weighted by atomic mass is 127. The van der Waals surface area contributed by atoms with Gasteiger partial charge in [0.2, 0.25) is 5.91 Å². The average Bonchev–Trinajstić information content (AvgIpc) is 2.76. The summed E-state index contributed by atoms with van der Waals surface area (Å²) >= 11 is 2.22. The van der Waals surface area contributed by atoms with Gasteiger partial charge in [-0.1, -0.05) is 0 Å². The number of benzene rings is 1. The molecule has 0 unspecified atom stereocenters. The van der Waals surface area contributed by atoms with E-state index < -0.39 is 0 Å². The molecule has 1 N–H and O–H groups in total. The van der Waals surface area contributed by atoms with E-state index in [1.54, 1.807) is 0 Å². The lowest BCUT2D eigenvalue weighted by Gasteiger charge is -2.27. The standard InChI is InChI=1S/C15H17IN2O2/c16-11-4-6-12(7-5-11)18-14(19)10-13(15(18)20)17-8-2-1-3-9-17/h4-7,13H,1-3,8-10H2/p+1/t13-/m0/s1. The summed E-state index contributed by atoms with van der Waals surface area (Å²) in [5, 5.41) is 0. The van der Waals surface area contributed by atoms with Crippen molar-refractivity contribution in [3.8, 4) is 0 Å². The Kier molecular flexibility index (Phi) is 4.07. The van der Waals surface area contributed by atoms with Gasteiger partial charge < -0.3 is 4.90 Å². The Morgan fingerprint density at radius 3 is 2.35 bits per heavy atom. The van der Waals surface area contributed by atoms with Crippen LogP contribution in [0.1, 0.15) is 25.7 Å². The summed E-state index contributed by atoms with van der Waals surface area (Å²) in [6.45, 7) is 2.04. The van der Waals surface area contributed by atoms with Gasteiger partial charge >= 0.3 is 0 Å². The second-order valence-corrected chi connectivity index (χ2v) is 6.77. The van der Waals surface area contributed by atoms with Gasteiger partial charge in [0.25, 0.3) is 5.91 Å². The van der Waals surface area contributed by atoms with Crippen molar-refractivity contribution in [3.63, 3.8) is 0 Å². The van der Waals surface area contributed by atoms with Crippen LogP contribution in [-0.4, -0.2) is 30.9 Å². The van der Waals surface area contributed by atoms with Gasteiger partial charge in [0, 0.05) is 3.57 Å². The molecule has 20 heavy (non-hydrogen) atoms. The SMILES string of the molecule is O=C1C[C@H]([NH+]2CCCCC2)C(=O)N1c1ccc(I)cc1. The monoisotopic (exact) mass is 385 g/mol. The Bertz CT molecular complexity index is 523. The van der Waals surface area contributed by atoms with Crippen LogP contribution in [0.4, 0.5) is 5.69 Å². The number of carbonyl (C=O) groups excluding carboxylic acids is 2. The van der Waals surface area contributed by atoms with Gasteiger partial charge in [-0.15, -0.1) is 0 Å². The van der Waals surface area contributed by atoms with Crippen molar-refractivity contribution in [1.82, 2.24) is 0 Å². The molecule has 2 saturated heterocycles. The number of nitrogens with zero attached hydrogens (tertiary/aromatic N) is 1. The van der Waals surface area contributed by atoms with Crippen molar-refractivity contribution < 1.29 is 14.5 Å². The molecule has 1 aromatic carbocycles. The number of amides is 2. The molecular formula is C15H18IN2O2+. The third kappa shape index (κ3) is 2.61. The highest BCUT2D eigenvalue weighted by molar-refractivity contribution is 14.1. The van der Waals surface area contributed by atoms with Crippen molar-refractivity contribution >= 4 is 40.1 Å². The Morgan fingerprint density at radius 2 is 1.70 bits per heavy atom. The highest BCUT2D eigenvalue weighted by Gasteiger charge is 2.45. The summed E-state index contributed by atoms with van der Waals surface area (Å²) in [7, 11) is 0. The quantitative estimate of drug-likeness (QED) is 0.610. The number of piperidine rings is 1. The van der Waals surface area contributed by atoms with Gasteiger partial charge in [0.15, 0.2) is 6.04 Å². The highest BCUT2D eigenvalue weighted by Crippen LogP contribution is 2.23. The zero-order valence-electron chi connectivity index (χ0n) is 11.3. The van der Waals surface area contributed by atoms with Crippen LogP contribution in [0.25, 0.3) is 0 Å². The van der Waals surface area contributed by atoms with Crippen LogP contribution in [0.2, 0.25) is 0 Å².